The Balaban J connectivity index is 1.50. The zero-order valence-corrected chi connectivity index (χ0v) is 17.1. The zero-order chi connectivity index (χ0) is 20.9. The Kier molecular flexibility index (Phi) is 4.28. The molecule has 0 aliphatic heterocycles. The third-order valence-electron chi connectivity index (χ3n) is 5.26. The van der Waals surface area contributed by atoms with E-state index in [9.17, 15) is 13.2 Å². The lowest BCUT2D eigenvalue weighted by atomic mass is 10.2. The number of rotatable bonds is 5. The molecule has 3 aromatic heterocycles. The molecule has 1 aliphatic carbocycles. The van der Waals surface area contributed by atoms with Gasteiger partial charge in [-0.25, -0.2) is 13.1 Å². The molecule has 1 aromatic carbocycles. The predicted octanol–water partition coefficient (Wildman–Crippen LogP) is 2.28. The SMILES string of the molecule is Cn1cc(S(=O)(=O)c2ccc3c(=O)n(Cc4cccc(C5CC5)n4)ncc3c2)cn1. The third-order valence-corrected chi connectivity index (χ3v) is 6.97. The van der Waals surface area contributed by atoms with Gasteiger partial charge in [0.1, 0.15) is 4.90 Å². The van der Waals surface area contributed by atoms with Crippen molar-refractivity contribution in [1.29, 1.82) is 0 Å². The van der Waals surface area contributed by atoms with Gasteiger partial charge in [0.25, 0.3) is 5.56 Å². The van der Waals surface area contributed by atoms with E-state index in [0.29, 0.717) is 16.7 Å². The van der Waals surface area contributed by atoms with Gasteiger partial charge in [-0.3, -0.25) is 14.5 Å². The monoisotopic (exact) mass is 421 g/mol. The van der Waals surface area contributed by atoms with Crippen molar-refractivity contribution in [3.63, 3.8) is 0 Å². The van der Waals surface area contributed by atoms with E-state index in [1.807, 2.05) is 18.2 Å². The van der Waals surface area contributed by atoms with Crippen LogP contribution in [0.5, 0.6) is 0 Å². The molecule has 0 unspecified atom stereocenters. The van der Waals surface area contributed by atoms with Crippen molar-refractivity contribution in [3.05, 3.63) is 76.7 Å². The molecule has 1 saturated carbocycles. The van der Waals surface area contributed by atoms with Gasteiger partial charge in [-0.05, 0) is 43.2 Å². The second kappa shape index (κ2) is 6.88. The van der Waals surface area contributed by atoms with Crippen molar-refractivity contribution in [3.8, 4) is 0 Å². The first kappa shape index (κ1) is 18.7. The van der Waals surface area contributed by atoms with Crippen LogP contribution in [-0.2, 0) is 23.4 Å². The fourth-order valence-electron chi connectivity index (χ4n) is 3.47. The minimum Gasteiger partial charge on any atom is -0.274 e. The minimum atomic E-state index is -3.72. The lowest BCUT2D eigenvalue weighted by Gasteiger charge is -2.08. The molecule has 9 heteroatoms. The minimum absolute atomic E-state index is 0.0979. The fraction of sp³-hybridized carbons (Fsp3) is 0.238. The van der Waals surface area contributed by atoms with Crippen LogP contribution in [0.15, 0.2) is 69.6 Å². The zero-order valence-electron chi connectivity index (χ0n) is 16.3. The molecule has 0 atom stereocenters. The Morgan fingerprint density at radius 2 is 1.90 bits per heavy atom. The van der Waals surface area contributed by atoms with E-state index in [4.69, 9.17) is 0 Å². The number of hydrogen-bond donors (Lipinski definition) is 0. The first-order valence-corrected chi connectivity index (χ1v) is 11.1. The molecule has 3 heterocycles. The number of pyridine rings is 1. The number of aromatic nitrogens is 5. The lowest BCUT2D eigenvalue weighted by molar-refractivity contribution is 0.596. The lowest BCUT2D eigenvalue weighted by Crippen LogP contribution is -2.24. The summed E-state index contributed by atoms with van der Waals surface area (Å²) in [5, 5.41) is 9.05. The van der Waals surface area contributed by atoms with Crippen molar-refractivity contribution in [2.45, 2.75) is 35.1 Å². The van der Waals surface area contributed by atoms with E-state index < -0.39 is 9.84 Å². The van der Waals surface area contributed by atoms with Crippen LogP contribution in [0.3, 0.4) is 0 Å². The van der Waals surface area contributed by atoms with Crippen molar-refractivity contribution in [2.24, 2.45) is 7.05 Å². The molecule has 5 rings (SSSR count). The molecule has 0 bridgehead atoms. The normalized spacial score (nSPS) is 14.3. The van der Waals surface area contributed by atoms with Crippen LogP contribution in [-0.4, -0.2) is 33.0 Å². The molecule has 4 aromatic rings. The van der Waals surface area contributed by atoms with Crippen LogP contribution in [0.2, 0.25) is 0 Å². The molecule has 0 amide bonds. The molecule has 152 valence electrons. The van der Waals surface area contributed by atoms with Gasteiger partial charge in [0.05, 0.1) is 34.9 Å². The maximum atomic E-state index is 12.9. The first-order valence-electron chi connectivity index (χ1n) is 9.61. The molecule has 1 aliphatic rings. The number of aryl methyl sites for hydroxylation is 1. The predicted molar refractivity (Wildman–Crippen MR) is 110 cm³/mol. The molecule has 0 radical (unpaired) electrons. The van der Waals surface area contributed by atoms with Crippen LogP contribution in [0.4, 0.5) is 0 Å². The quantitative estimate of drug-likeness (QED) is 0.490. The number of fused-ring (bicyclic) bond motifs is 1. The second-order valence-corrected chi connectivity index (χ2v) is 9.49. The largest absolute Gasteiger partial charge is 0.274 e. The van der Waals surface area contributed by atoms with Gasteiger partial charge in [0.2, 0.25) is 9.84 Å². The molecule has 1 fully saturated rings. The van der Waals surface area contributed by atoms with E-state index >= 15 is 0 Å². The topological polar surface area (TPSA) is 99.7 Å². The summed E-state index contributed by atoms with van der Waals surface area (Å²) in [6, 6.07) is 10.3. The molecule has 30 heavy (non-hydrogen) atoms. The maximum Gasteiger partial charge on any atom is 0.274 e. The summed E-state index contributed by atoms with van der Waals surface area (Å²) in [6.45, 7) is 0.269. The van der Waals surface area contributed by atoms with Gasteiger partial charge in [0.15, 0.2) is 0 Å². The third kappa shape index (κ3) is 3.30. The Labute approximate surface area is 172 Å². The van der Waals surface area contributed by atoms with Gasteiger partial charge in [0, 0.05) is 30.2 Å². The van der Waals surface area contributed by atoms with Gasteiger partial charge in [-0.2, -0.15) is 10.2 Å². The Bertz CT molecular complexity index is 1430. The molecular weight excluding hydrogens is 402 g/mol. The molecule has 0 spiro atoms. The summed E-state index contributed by atoms with van der Waals surface area (Å²) in [5.74, 6) is 0.534. The van der Waals surface area contributed by atoms with Gasteiger partial charge in [-0.15, -0.1) is 0 Å². The smallest absolute Gasteiger partial charge is 0.274 e. The van der Waals surface area contributed by atoms with Crippen LogP contribution in [0.25, 0.3) is 10.8 Å². The Hall–Kier alpha value is -3.33. The van der Waals surface area contributed by atoms with E-state index in [2.05, 4.69) is 15.2 Å². The van der Waals surface area contributed by atoms with Crippen molar-refractivity contribution < 1.29 is 8.42 Å². The molecule has 8 nitrogen and oxygen atoms in total. The Morgan fingerprint density at radius 3 is 2.63 bits per heavy atom. The molecule has 0 saturated heterocycles. The number of sulfone groups is 1. The van der Waals surface area contributed by atoms with Gasteiger partial charge < -0.3 is 0 Å². The van der Waals surface area contributed by atoms with Crippen LogP contribution >= 0.6 is 0 Å². The summed E-state index contributed by atoms with van der Waals surface area (Å²) in [7, 11) is -2.06. The fourth-order valence-corrected chi connectivity index (χ4v) is 4.74. The van der Waals surface area contributed by atoms with Crippen molar-refractivity contribution in [2.75, 3.05) is 0 Å². The highest BCUT2D eigenvalue weighted by Gasteiger charge is 2.25. The summed E-state index contributed by atoms with van der Waals surface area (Å²) >= 11 is 0. The first-order chi connectivity index (χ1) is 14.4. The summed E-state index contributed by atoms with van der Waals surface area (Å²) in [5.41, 5.74) is 1.56. The van der Waals surface area contributed by atoms with Gasteiger partial charge >= 0.3 is 0 Å². The number of hydrogen-bond acceptors (Lipinski definition) is 6. The van der Waals surface area contributed by atoms with E-state index in [1.165, 1.54) is 46.2 Å². The summed E-state index contributed by atoms with van der Waals surface area (Å²) in [4.78, 5) is 17.8. The van der Waals surface area contributed by atoms with E-state index in [-0.39, 0.29) is 21.9 Å². The summed E-state index contributed by atoms with van der Waals surface area (Å²) in [6.07, 6.45) is 6.59. The van der Waals surface area contributed by atoms with Gasteiger partial charge in [-0.1, -0.05) is 6.07 Å². The highest BCUT2D eigenvalue weighted by Crippen LogP contribution is 2.38. The van der Waals surface area contributed by atoms with Crippen molar-refractivity contribution >= 4 is 20.6 Å². The van der Waals surface area contributed by atoms with E-state index in [1.54, 1.807) is 7.05 Å². The number of benzene rings is 1. The average molecular weight is 421 g/mol. The Morgan fingerprint density at radius 1 is 1.07 bits per heavy atom. The van der Waals surface area contributed by atoms with Crippen LogP contribution < -0.4 is 5.56 Å². The standard InChI is InChI=1S/C21H19N5O3S/c1-25-13-18(11-22-25)30(28,29)17-7-8-19-15(9-17)10-23-26(21(19)27)12-16-3-2-4-20(24-16)14-5-6-14/h2-4,7-11,13-14H,5-6,12H2,1H3. The molecule has 0 N–H and O–H groups in total. The molecular formula is C21H19N5O3S. The van der Waals surface area contributed by atoms with Crippen molar-refractivity contribution in [1.82, 2.24) is 24.5 Å². The second-order valence-electron chi connectivity index (χ2n) is 7.54. The van der Waals surface area contributed by atoms with Crippen LogP contribution in [0.1, 0.15) is 30.1 Å². The summed E-state index contributed by atoms with van der Waals surface area (Å²) < 4.78 is 28.4. The highest BCUT2D eigenvalue weighted by molar-refractivity contribution is 7.91. The highest BCUT2D eigenvalue weighted by atomic mass is 32.2. The number of nitrogens with zero attached hydrogens (tertiary/aromatic N) is 5. The van der Waals surface area contributed by atoms with Crippen LogP contribution in [0, 0.1) is 0 Å². The maximum absolute atomic E-state index is 12.9. The van der Waals surface area contributed by atoms with E-state index in [0.717, 1.165) is 24.2 Å². The average Bonchev–Trinajstić information content (AvgIpc) is 3.50.